The third-order valence-corrected chi connectivity index (χ3v) is 3.61. The quantitative estimate of drug-likeness (QED) is 0.591. The Morgan fingerprint density at radius 1 is 1.09 bits per heavy atom. The van der Waals surface area contributed by atoms with Crippen molar-refractivity contribution in [2.24, 2.45) is 0 Å². The van der Waals surface area contributed by atoms with Crippen molar-refractivity contribution in [2.75, 3.05) is 6.79 Å². The molecule has 0 atom stereocenters. The number of hydrogen-bond acceptors (Lipinski definition) is 5. The summed E-state index contributed by atoms with van der Waals surface area (Å²) in [5.41, 5.74) is 2.89. The molecular weight excluding hydrogens is 298 g/mol. The van der Waals surface area contributed by atoms with Crippen molar-refractivity contribution in [1.82, 2.24) is 10.2 Å². The molecule has 0 radical (unpaired) electrons. The fraction of sp³-hybridized carbons (Fsp3) is 0.0625. The number of H-pyrrole nitrogens is 1. The van der Waals surface area contributed by atoms with Gasteiger partial charge in [-0.05, 0) is 17.7 Å². The molecule has 0 bridgehead atoms. The third-order valence-electron chi connectivity index (χ3n) is 3.61. The van der Waals surface area contributed by atoms with Crippen molar-refractivity contribution >= 4 is 5.69 Å². The lowest BCUT2D eigenvalue weighted by Crippen LogP contribution is -1.95. The molecule has 0 fully saturated rings. The molecule has 1 N–H and O–H groups in total. The van der Waals surface area contributed by atoms with Gasteiger partial charge in [0.05, 0.1) is 16.3 Å². The van der Waals surface area contributed by atoms with Gasteiger partial charge in [0.1, 0.15) is 0 Å². The lowest BCUT2D eigenvalue weighted by atomic mass is 10.1. The number of nitrogens with zero attached hydrogens (tertiary/aromatic N) is 2. The molecule has 4 rings (SSSR count). The summed E-state index contributed by atoms with van der Waals surface area (Å²) in [6.07, 6.45) is 0. The predicted octanol–water partition coefficient (Wildman–Crippen LogP) is 3.38. The fourth-order valence-electron chi connectivity index (χ4n) is 2.51. The second-order valence-electron chi connectivity index (χ2n) is 5.02. The molecule has 2 aromatic carbocycles. The Labute approximate surface area is 130 Å². The molecule has 7 heteroatoms. The molecule has 0 unspecified atom stereocenters. The van der Waals surface area contributed by atoms with Crippen molar-refractivity contribution in [3.63, 3.8) is 0 Å². The van der Waals surface area contributed by atoms with E-state index in [1.807, 2.05) is 36.4 Å². The lowest BCUT2D eigenvalue weighted by molar-refractivity contribution is -0.385. The summed E-state index contributed by atoms with van der Waals surface area (Å²) in [7, 11) is 0. The van der Waals surface area contributed by atoms with E-state index in [1.54, 1.807) is 6.07 Å². The maximum atomic E-state index is 11.2. The van der Waals surface area contributed by atoms with E-state index in [0.29, 0.717) is 17.0 Å². The van der Waals surface area contributed by atoms with E-state index in [1.165, 1.54) is 6.07 Å². The summed E-state index contributed by atoms with van der Waals surface area (Å²) in [5.74, 6) is 0.524. The van der Waals surface area contributed by atoms with Crippen LogP contribution >= 0.6 is 0 Å². The van der Waals surface area contributed by atoms with Crippen molar-refractivity contribution in [3.8, 4) is 34.0 Å². The summed E-state index contributed by atoms with van der Waals surface area (Å²) < 4.78 is 10.4. The Bertz CT molecular complexity index is 890. The number of aromatic amines is 1. The van der Waals surface area contributed by atoms with Crippen molar-refractivity contribution < 1.29 is 14.4 Å². The predicted molar refractivity (Wildman–Crippen MR) is 82.2 cm³/mol. The van der Waals surface area contributed by atoms with Gasteiger partial charge in [0.25, 0.3) is 0 Å². The van der Waals surface area contributed by atoms with Crippen LogP contribution in [0.5, 0.6) is 11.5 Å². The van der Waals surface area contributed by atoms with Crippen LogP contribution < -0.4 is 9.47 Å². The second-order valence-corrected chi connectivity index (χ2v) is 5.02. The molecule has 7 nitrogen and oxygen atoms in total. The molecule has 0 aliphatic carbocycles. The topological polar surface area (TPSA) is 90.3 Å². The van der Waals surface area contributed by atoms with E-state index in [4.69, 9.17) is 9.47 Å². The van der Waals surface area contributed by atoms with E-state index >= 15 is 0 Å². The van der Waals surface area contributed by atoms with Gasteiger partial charge in [0.2, 0.25) is 12.5 Å². The number of rotatable bonds is 3. The minimum Gasteiger partial charge on any atom is -0.453 e. The van der Waals surface area contributed by atoms with E-state index in [9.17, 15) is 10.1 Å². The van der Waals surface area contributed by atoms with E-state index in [-0.39, 0.29) is 18.2 Å². The molecule has 3 aromatic rings. The van der Waals surface area contributed by atoms with Crippen LogP contribution in [0.3, 0.4) is 0 Å². The van der Waals surface area contributed by atoms with E-state index in [0.717, 1.165) is 11.3 Å². The van der Waals surface area contributed by atoms with Crippen LogP contribution in [0.2, 0.25) is 0 Å². The van der Waals surface area contributed by atoms with Crippen molar-refractivity contribution in [2.45, 2.75) is 0 Å². The van der Waals surface area contributed by atoms with Gasteiger partial charge in [-0.3, -0.25) is 15.2 Å². The minimum absolute atomic E-state index is 0.0184. The molecule has 1 aromatic heterocycles. The minimum atomic E-state index is -0.484. The number of aromatic nitrogens is 2. The van der Waals surface area contributed by atoms with Crippen LogP contribution in [-0.4, -0.2) is 21.9 Å². The summed E-state index contributed by atoms with van der Waals surface area (Å²) in [6, 6.07) is 14.7. The monoisotopic (exact) mass is 309 g/mol. The van der Waals surface area contributed by atoms with Gasteiger partial charge in [-0.2, -0.15) is 5.10 Å². The molecule has 0 saturated heterocycles. The molecule has 114 valence electrons. The van der Waals surface area contributed by atoms with Crippen LogP contribution in [0.4, 0.5) is 5.69 Å². The molecule has 0 amide bonds. The number of fused-ring (bicyclic) bond motifs is 1. The number of benzene rings is 2. The van der Waals surface area contributed by atoms with Crippen LogP contribution in [0.15, 0.2) is 48.5 Å². The number of hydrogen-bond donors (Lipinski definition) is 1. The normalized spacial score (nSPS) is 12.3. The first-order valence-electron chi connectivity index (χ1n) is 6.91. The molecule has 2 heterocycles. The number of nitro groups is 1. The Morgan fingerprint density at radius 2 is 1.91 bits per heavy atom. The SMILES string of the molecule is O=[N+]([O-])c1cc(-c2cc(-c3ccccc3)[nH]n2)cc2c1OCO2. The average Bonchev–Trinajstić information content (AvgIpc) is 3.23. The van der Waals surface area contributed by atoms with Gasteiger partial charge in [0, 0.05) is 11.6 Å². The summed E-state index contributed by atoms with van der Waals surface area (Å²) in [4.78, 5) is 10.7. The highest BCUT2D eigenvalue weighted by molar-refractivity contribution is 5.74. The first kappa shape index (κ1) is 13.3. The van der Waals surface area contributed by atoms with Gasteiger partial charge in [-0.15, -0.1) is 0 Å². The molecule has 0 spiro atoms. The van der Waals surface area contributed by atoms with Gasteiger partial charge in [0.15, 0.2) is 5.75 Å². The van der Waals surface area contributed by atoms with E-state index in [2.05, 4.69) is 10.2 Å². The largest absolute Gasteiger partial charge is 0.453 e. The highest BCUT2D eigenvalue weighted by atomic mass is 16.7. The maximum absolute atomic E-state index is 11.2. The van der Waals surface area contributed by atoms with Gasteiger partial charge in [-0.25, -0.2) is 0 Å². The number of nitro benzene ring substituents is 1. The molecule has 1 aliphatic rings. The first-order chi connectivity index (χ1) is 11.2. The molecule has 0 saturated carbocycles. The van der Waals surface area contributed by atoms with Gasteiger partial charge in [-0.1, -0.05) is 30.3 Å². The van der Waals surface area contributed by atoms with E-state index < -0.39 is 4.92 Å². The van der Waals surface area contributed by atoms with Gasteiger partial charge < -0.3 is 9.47 Å². The zero-order valence-corrected chi connectivity index (χ0v) is 11.9. The fourth-order valence-corrected chi connectivity index (χ4v) is 2.51. The summed E-state index contributed by atoms with van der Waals surface area (Å²) in [6.45, 7) is -0.0184. The lowest BCUT2D eigenvalue weighted by Gasteiger charge is -2.01. The average molecular weight is 309 g/mol. The smallest absolute Gasteiger partial charge is 0.315 e. The Hall–Kier alpha value is -3.35. The summed E-state index contributed by atoms with van der Waals surface area (Å²) in [5, 5.41) is 18.4. The first-order valence-corrected chi connectivity index (χ1v) is 6.91. The Kier molecular flexibility index (Phi) is 2.97. The molecule has 23 heavy (non-hydrogen) atoms. The second kappa shape index (κ2) is 5.13. The molecular formula is C16H11N3O4. The Morgan fingerprint density at radius 3 is 2.70 bits per heavy atom. The van der Waals surface area contributed by atoms with Crippen molar-refractivity contribution in [3.05, 3.63) is 58.6 Å². The number of nitrogens with one attached hydrogen (secondary N) is 1. The third kappa shape index (κ3) is 2.28. The standard InChI is InChI=1S/C16H11N3O4/c20-19(21)14-6-11(7-15-16(14)23-9-22-15)13-8-12(17-18-13)10-4-2-1-3-5-10/h1-8H,9H2,(H,17,18). The summed E-state index contributed by atoms with van der Waals surface area (Å²) >= 11 is 0. The Balaban J connectivity index is 1.79. The highest BCUT2D eigenvalue weighted by Crippen LogP contribution is 2.43. The van der Waals surface area contributed by atoms with Crippen molar-refractivity contribution in [1.29, 1.82) is 0 Å². The van der Waals surface area contributed by atoms with Crippen LogP contribution in [-0.2, 0) is 0 Å². The zero-order valence-electron chi connectivity index (χ0n) is 11.9. The highest BCUT2D eigenvalue weighted by Gasteiger charge is 2.27. The zero-order chi connectivity index (χ0) is 15.8. The number of ether oxygens (including phenoxy) is 2. The van der Waals surface area contributed by atoms with Crippen LogP contribution in [0.25, 0.3) is 22.5 Å². The van der Waals surface area contributed by atoms with Crippen LogP contribution in [0.1, 0.15) is 0 Å². The van der Waals surface area contributed by atoms with Gasteiger partial charge >= 0.3 is 5.69 Å². The van der Waals surface area contributed by atoms with Crippen LogP contribution in [0, 0.1) is 10.1 Å². The maximum Gasteiger partial charge on any atom is 0.315 e. The molecule has 1 aliphatic heterocycles.